The van der Waals surface area contributed by atoms with Gasteiger partial charge in [0, 0.05) is 18.2 Å². The maximum absolute atomic E-state index is 11.8. The molecule has 86 valence electrons. The van der Waals surface area contributed by atoms with Gasteiger partial charge in [0.15, 0.2) is 0 Å². The van der Waals surface area contributed by atoms with E-state index in [1.165, 1.54) is 12.1 Å². The first-order valence-corrected chi connectivity index (χ1v) is 5.54. The van der Waals surface area contributed by atoms with Crippen LogP contribution in [0.25, 0.3) is 0 Å². The molecule has 4 nitrogen and oxygen atoms in total. The minimum Gasteiger partial charge on any atom is -0.506 e. The van der Waals surface area contributed by atoms with Crippen LogP contribution in [0.4, 0.5) is 0 Å². The number of rotatable bonds is 2. The Morgan fingerprint density at radius 1 is 1.56 bits per heavy atom. The van der Waals surface area contributed by atoms with Gasteiger partial charge in [0.1, 0.15) is 5.75 Å². The number of carbonyl (C=O) groups is 1. The molecular formula is C11H13ClN2O2. The molecule has 16 heavy (non-hydrogen) atoms. The van der Waals surface area contributed by atoms with E-state index in [2.05, 4.69) is 10.6 Å². The molecule has 0 aliphatic carbocycles. The van der Waals surface area contributed by atoms with Crippen LogP contribution in [-0.2, 0) is 0 Å². The third kappa shape index (κ3) is 2.46. The van der Waals surface area contributed by atoms with Gasteiger partial charge in [0.05, 0.1) is 5.02 Å². The number of benzene rings is 1. The van der Waals surface area contributed by atoms with Gasteiger partial charge in [-0.05, 0) is 31.2 Å². The highest BCUT2D eigenvalue weighted by molar-refractivity contribution is 6.32. The lowest BCUT2D eigenvalue weighted by Crippen LogP contribution is -2.36. The monoisotopic (exact) mass is 240 g/mol. The molecule has 1 aliphatic rings. The Kier molecular flexibility index (Phi) is 3.31. The molecule has 1 fully saturated rings. The number of amides is 1. The van der Waals surface area contributed by atoms with Gasteiger partial charge in [-0.3, -0.25) is 4.79 Å². The van der Waals surface area contributed by atoms with E-state index >= 15 is 0 Å². The van der Waals surface area contributed by atoms with Gasteiger partial charge in [-0.2, -0.15) is 0 Å². The largest absolute Gasteiger partial charge is 0.506 e. The van der Waals surface area contributed by atoms with Crippen LogP contribution in [-0.4, -0.2) is 30.1 Å². The molecule has 1 aromatic rings. The van der Waals surface area contributed by atoms with E-state index in [1.54, 1.807) is 6.07 Å². The first-order valence-electron chi connectivity index (χ1n) is 5.17. The molecule has 0 aromatic heterocycles. The fraction of sp³-hybridized carbons (Fsp3) is 0.364. The summed E-state index contributed by atoms with van der Waals surface area (Å²) in [6, 6.07) is 4.62. The van der Waals surface area contributed by atoms with Crippen molar-refractivity contribution < 1.29 is 9.90 Å². The van der Waals surface area contributed by atoms with Crippen molar-refractivity contribution in [3.63, 3.8) is 0 Å². The third-order valence-corrected chi connectivity index (χ3v) is 2.91. The molecule has 1 amide bonds. The van der Waals surface area contributed by atoms with Crippen molar-refractivity contribution >= 4 is 17.5 Å². The molecule has 1 aromatic carbocycles. The van der Waals surface area contributed by atoms with Crippen LogP contribution in [0.2, 0.25) is 5.02 Å². The number of carbonyl (C=O) groups excluding carboxylic acids is 1. The Labute approximate surface area is 98.6 Å². The van der Waals surface area contributed by atoms with Crippen molar-refractivity contribution in [2.45, 2.75) is 12.5 Å². The number of nitrogens with one attached hydrogen (secondary N) is 2. The SMILES string of the molecule is O=C(N[C@@H]1CCNC1)c1ccc(O)c(Cl)c1. The molecule has 1 heterocycles. The van der Waals surface area contributed by atoms with E-state index in [0.717, 1.165) is 19.5 Å². The fourth-order valence-corrected chi connectivity index (χ4v) is 1.88. The number of phenols is 1. The molecule has 0 radical (unpaired) electrons. The van der Waals surface area contributed by atoms with Gasteiger partial charge in [-0.1, -0.05) is 11.6 Å². The van der Waals surface area contributed by atoms with Crippen LogP contribution < -0.4 is 10.6 Å². The molecule has 3 N–H and O–H groups in total. The second kappa shape index (κ2) is 4.72. The van der Waals surface area contributed by atoms with E-state index in [1.807, 2.05) is 0 Å². The quantitative estimate of drug-likeness (QED) is 0.727. The van der Waals surface area contributed by atoms with Crippen molar-refractivity contribution in [2.24, 2.45) is 0 Å². The zero-order valence-corrected chi connectivity index (χ0v) is 9.42. The second-order valence-electron chi connectivity index (χ2n) is 3.83. The number of hydrogen-bond donors (Lipinski definition) is 3. The molecule has 1 saturated heterocycles. The molecule has 0 spiro atoms. The average molecular weight is 241 g/mol. The lowest BCUT2D eigenvalue weighted by Gasteiger charge is -2.11. The summed E-state index contributed by atoms with van der Waals surface area (Å²) in [5.41, 5.74) is 0.467. The number of phenolic OH excluding ortho intramolecular Hbond substituents is 1. The maximum Gasteiger partial charge on any atom is 0.251 e. The standard InChI is InChI=1S/C11H13ClN2O2/c12-9-5-7(1-2-10(9)15)11(16)14-8-3-4-13-6-8/h1-2,5,8,13,15H,3-4,6H2,(H,14,16)/t8-/m1/s1. The van der Waals surface area contributed by atoms with E-state index < -0.39 is 0 Å². The molecular weight excluding hydrogens is 228 g/mol. The van der Waals surface area contributed by atoms with E-state index in [9.17, 15) is 9.90 Å². The second-order valence-corrected chi connectivity index (χ2v) is 4.24. The molecule has 5 heteroatoms. The van der Waals surface area contributed by atoms with Crippen molar-refractivity contribution in [1.29, 1.82) is 0 Å². The predicted octanol–water partition coefficient (Wildman–Crippen LogP) is 1.14. The zero-order valence-electron chi connectivity index (χ0n) is 8.66. The van der Waals surface area contributed by atoms with Crippen molar-refractivity contribution in [3.8, 4) is 5.75 Å². The van der Waals surface area contributed by atoms with Crippen LogP contribution in [0, 0.1) is 0 Å². The molecule has 0 bridgehead atoms. The Morgan fingerprint density at radius 2 is 2.38 bits per heavy atom. The van der Waals surface area contributed by atoms with Gasteiger partial charge in [0.2, 0.25) is 0 Å². The normalized spacial score (nSPS) is 19.7. The summed E-state index contributed by atoms with van der Waals surface area (Å²) in [5.74, 6) is -0.170. The summed E-state index contributed by atoms with van der Waals surface area (Å²) in [5, 5.41) is 15.5. The molecule has 2 rings (SSSR count). The summed E-state index contributed by atoms with van der Waals surface area (Å²) >= 11 is 5.73. The molecule has 1 atom stereocenters. The van der Waals surface area contributed by atoms with Crippen LogP contribution in [0.1, 0.15) is 16.8 Å². The number of aromatic hydroxyl groups is 1. The van der Waals surface area contributed by atoms with Crippen LogP contribution in [0.3, 0.4) is 0 Å². The first kappa shape index (κ1) is 11.2. The lowest BCUT2D eigenvalue weighted by molar-refractivity contribution is 0.0940. The third-order valence-electron chi connectivity index (χ3n) is 2.61. The Hall–Kier alpha value is -1.26. The predicted molar refractivity (Wildman–Crippen MR) is 61.9 cm³/mol. The number of hydrogen-bond acceptors (Lipinski definition) is 3. The van der Waals surface area contributed by atoms with Crippen LogP contribution >= 0.6 is 11.6 Å². The molecule has 0 unspecified atom stereocenters. The average Bonchev–Trinajstić information content (AvgIpc) is 2.74. The van der Waals surface area contributed by atoms with E-state index in [-0.39, 0.29) is 22.7 Å². The highest BCUT2D eigenvalue weighted by Crippen LogP contribution is 2.23. The minimum atomic E-state index is -0.157. The van der Waals surface area contributed by atoms with Gasteiger partial charge in [-0.15, -0.1) is 0 Å². The summed E-state index contributed by atoms with van der Waals surface area (Å²) in [6.45, 7) is 1.73. The van der Waals surface area contributed by atoms with Gasteiger partial charge in [0.25, 0.3) is 5.91 Å². The molecule has 1 aliphatic heterocycles. The Balaban J connectivity index is 2.05. The fourth-order valence-electron chi connectivity index (χ4n) is 1.69. The first-order chi connectivity index (χ1) is 7.66. The summed E-state index contributed by atoms with van der Waals surface area (Å²) in [7, 11) is 0. The summed E-state index contributed by atoms with van der Waals surface area (Å²) in [4.78, 5) is 11.8. The maximum atomic E-state index is 11.8. The zero-order chi connectivity index (χ0) is 11.5. The van der Waals surface area contributed by atoms with Gasteiger partial charge < -0.3 is 15.7 Å². The topological polar surface area (TPSA) is 61.4 Å². The Morgan fingerprint density at radius 3 is 3.00 bits per heavy atom. The van der Waals surface area contributed by atoms with Crippen molar-refractivity contribution in [2.75, 3.05) is 13.1 Å². The van der Waals surface area contributed by atoms with Crippen molar-refractivity contribution in [3.05, 3.63) is 28.8 Å². The van der Waals surface area contributed by atoms with E-state index in [4.69, 9.17) is 11.6 Å². The summed E-state index contributed by atoms with van der Waals surface area (Å²) < 4.78 is 0. The van der Waals surface area contributed by atoms with Crippen LogP contribution in [0.15, 0.2) is 18.2 Å². The van der Waals surface area contributed by atoms with Crippen LogP contribution in [0.5, 0.6) is 5.75 Å². The highest BCUT2D eigenvalue weighted by atomic mass is 35.5. The van der Waals surface area contributed by atoms with Gasteiger partial charge >= 0.3 is 0 Å². The molecule has 0 saturated carbocycles. The lowest BCUT2D eigenvalue weighted by atomic mass is 10.2. The number of halogens is 1. The minimum absolute atomic E-state index is 0.0132. The summed E-state index contributed by atoms with van der Waals surface area (Å²) in [6.07, 6.45) is 0.942. The smallest absolute Gasteiger partial charge is 0.251 e. The van der Waals surface area contributed by atoms with E-state index in [0.29, 0.717) is 5.56 Å². The Bertz CT molecular complexity index is 403. The van der Waals surface area contributed by atoms with Crippen molar-refractivity contribution in [1.82, 2.24) is 10.6 Å². The highest BCUT2D eigenvalue weighted by Gasteiger charge is 2.17. The van der Waals surface area contributed by atoms with Gasteiger partial charge in [-0.25, -0.2) is 0 Å².